The number of aliphatic hydroxyl groups excluding tert-OH is 4. The molecule has 812 valence electrons. The highest BCUT2D eigenvalue weighted by atomic mass is 19.4. The second kappa shape index (κ2) is 55.7. The van der Waals surface area contributed by atoms with Gasteiger partial charge in [0.25, 0.3) is 0 Å². The van der Waals surface area contributed by atoms with Crippen LogP contribution in [0.1, 0.15) is 102 Å². The van der Waals surface area contributed by atoms with Gasteiger partial charge in [-0.3, -0.25) is 29.1 Å². The molecule has 0 bridgehead atoms. The number of quaternary nitrogens is 3. The molecule has 6 aliphatic rings. The van der Waals surface area contributed by atoms with E-state index in [4.69, 9.17) is 68.2 Å². The Kier molecular flexibility index (Phi) is 45.6. The molecule has 9 heterocycles. The quantitative estimate of drug-likeness (QED) is 0.00599. The number of morpholine rings is 3. The van der Waals surface area contributed by atoms with Gasteiger partial charge in [-0.05, 0) is 34.9 Å². The third-order valence-corrected chi connectivity index (χ3v) is 22.5. The molecule has 0 radical (unpaired) electrons. The van der Waals surface area contributed by atoms with Crippen LogP contribution in [0.2, 0.25) is 0 Å². The number of aromatic nitrogens is 6. The Hall–Kier alpha value is -11.9. The van der Waals surface area contributed by atoms with Crippen molar-refractivity contribution in [2.75, 3.05) is 178 Å². The summed E-state index contributed by atoms with van der Waals surface area (Å²) < 4.78 is 295. The van der Waals surface area contributed by atoms with Gasteiger partial charge in [-0.15, -0.1) is 0 Å². The van der Waals surface area contributed by atoms with Crippen molar-refractivity contribution in [2.45, 2.75) is 139 Å². The Balaban J connectivity index is 0.000000243. The van der Waals surface area contributed by atoms with E-state index >= 15 is 0 Å². The third kappa shape index (κ3) is 35.7. The minimum absolute atomic E-state index is 0.0340. The first kappa shape index (κ1) is 119. The van der Waals surface area contributed by atoms with Gasteiger partial charge in [0.2, 0.25) is 35.2 Å². The lowest BCUT2D eigenvalue weighted by Gasteiger charge is -2.30. The fourth-order valence-corrected chi connectivity index (χ4v) is 15.0. The summed E-state index contributed by atoms with van der Waals surface area (Å²) in [6.07, 6.45) is -25.4. The maximum absolute atomic E-state index is 14.0. The third-order valence-electron chi connectivity index (χ3n) is 22.5. The maximum atomic E-state index is 14.0. The van der Waals surface area contributed by atoms with Crippen molar-refractivity contribution in [3.63, 3.8) is 0 Å². The molecule has 3 saturated heterocycles. The van der Waals surface area contributed by atoms with Gasteiger partial charge >= 0.3 is 42.4 Å². The van der Waals surface area contributed by atoms with Gasteiger partial charge in [0, 0.05) is 136 Å². The van der Waals surface area contributed by atoms with E-state index in [1.165, 1.54) is 14.7 Å². The standard InChI is InChI=1S/3C26H31F6N5O5.2C4H6O6/c3*27-18-14-20(29)19(28)12-16(18)11-17(33)13-22(38)36-1-2-37-21(15-36)23(34-25(37)26(30,31)32)24(39)42-10-9-41-8-5-35-3-6-40-7-4-35;2*5-1(3(7)8)2(6)4(9)10/h3*12,14,17H,1-11,13,15,33H2;2*1-2,5-6H,(H,7,8)(H,9,10)/t3*17-;1-,2-;/m1111./s1. The molecule has 14 N–H and O–H groups in total. The molecule has 0 aliphatic carbocycles. The highest BCUT2D eigenvalue weighted by molar-refractivity contribution is 5.91. The average Bonchev–Trinajstić information content (AvgIpc) is 1.62. The van der Waals surface area contributed by atoms with E-state index in [9.17, 15) is 142 Å². The number of carboxylic acids is 4. The molecule has 60 heteroatoms. The molecular formula is C86H105F18N15O27. The van der Waals surface area contributed by atoms with Crippen LogP contribution in [0.3, 0.4) is 0 Å². The van der Waals surface area contributed by atoms with E-state index in [1.54, 1.807) is 0 Å². The number of halogens is 18. The molecular weight excluding hydrogens is 2020 g/mol. The molecule has 3 amide bonds. The number of benzene rings is 3. The summed E-state index contributed by atoms with van der Waals surface area (Å²) in [5, 5.41) is 69.9. The van der Waals surface area contributed by atoms with E-state index in [0.29, 0.717) is 115 Å². The number of fused-ring (bicyclic) bond motifs is 3. The Bertz CT molecular complexity index is 4910. The molecule has 12 rings (SSSR count). The van der Waals surface area contributed by atoms with E-state index in [1.807, 2.05) is 0 Å². The number of nitrogens with zero attached hydrogens (tertiary/aromatic N) is 12. The highest BCUT2D eigenvalue weighted by Gasteiger charge is 2.46. The maximum Gasteiger partial charge on any atom is 0.449 e. The fraction of sp³-hybridized carbons (Fsp3) is 0.570. The number of carbonyl (C=O) groups excluding carboxylic acids is 9. The van der Waals surface area contributed by atoms with Crippen LogP contribution in [0.5, 0.6) is 0 Å². The summed E-state index contributed by atoms with van der Waals surface area (Å²) in [5.74, 6) is -27.3. The summed E-state index contributed by atoms with van der Waals surface area (Å²) >= 11 is 0. The van der Waals surface area contributed by atoms with Crippen molar-refractivity contribution in [3.8, 4) is 0 Å². The van der Waals surface area contributed by atoms with Crippen molar-refractivity contribution in [3.05, 3.63) is 157 Å². The predicted octanol–water partition coefficient (Wildman–Crippen LogP) is -4.02. The average molecular weight is 2120 g/mol. The van der Waals surface area contributed by atoms with Crippen molar-refractivity contribution in [1.82, 2.24) is 58.1 Å². The van der Waals surface area contributed by atoms with E-state index in [2.05, 4.69) is 46.9 Å². The van der Waals surface area contributed by atoms with Crippen LogP contribution >= 0.6 is 0 Å². The molecule has 0 spiro atoms. The summed E-state index contributed by atoms with van der Waals surface area (Å²) in [6.45, 7) is 8.94. The van der Waals surface area contributed by atoms with Crippen LogP contribution < -0.4 is 32.5 Å². The summed E-state index contributed by atoms with van der Waals surface area (Å²) in [6, 6.07) is 1.05. The summed E-state index contributed by atoms with van der Waals surface area (Å²) in [4.78, 5) is 136. The van der Waals surface area contributed by atoms with Gasteiger partial charge in [0.1, 0.15) is 55.6 Å². The molecule has 0 saturated carbocycles. The molecule has 3 aromatic carbocycles. The SMILES string of the molecule is O=C([O-])C(O)C(O)C(=O)[O-].O=C([O-])[C@H](O)[C@@H](O)C(=O)O.[NH3+][C@@H](CC(=O)N1CCn2c(C(F)(F)F)nc(C(=O)OCCOCCN3CCOCC3)c2C1)Cc1cc(F)c(F)cc1F.[NH3+][C@@H](CC(=O)N1CCn2c(C(F)(F)F)nc(C(=O)OCCOCCN3CCOCC3)c2C1)Cc1cc(F)c(F)cc1F.[NH3+][C@@H](CC(=O)N1CCn2c(C(F)(F)F)nc(C(=O)OCCOCCN3CCOCC3)c2C1)Cc1cc(F)c(F)cc1F. The number of esters is 3. The summed E-state index contributed by atoms with van der Waals surface area (Å²) in [5.41, 5.74) is 8.79. The molecule has 2 unspecified atom stereocenters. The van der Waals surface area contributed by atoms with Crippen LogP contribution in [0.25, 0.3) is 0 Å². The zero-order valence-electron chi connectivity index (χ0n) is 77.6. The lowest BCUT2D eigenvalue weighted by Crippen LogP contribution is -2.63. The first-order valence-electron chi connectivity index (χ1n) is 44.7. The second-order valence-electron chi connectivity index (χ2n) is 33.2. The van der Waals surface area contributed by atoms with Crippen LogP contribution in [-0.2, 0) is 153 Å². The van der Waals surface area contributed by atoms with Crippen molar-refractivity contribution >= 4 is 59.5 Å². The van der Waals surface area contributed by atoms with E-state index < -0.39 is 207 Å². The van der Waals surface area contributed by atoms with Crippen LogP contribution in [-0.4, -0.2) is 363 Å². The predicted molar refractivity (Wildman–Crippen MR) is 444 cm³/mol. The highest BCUT2D eigenvalue weighted by Crippen LogP contribution is 2.37. The molecule has 42 nitrogen and oxygen atoms in total. The first-order valence-corrected chi connectivity index (χ1v) is 44.7. The second-order valence-corrected chi connectivity index (χ2v) is 33.2. The molecule has 3 fully saturated rings. The van der Waals surface area contributed by atoms with Crippen LogP contribution in [0, 0.1) is 52.4 Å². The number of amides is 3. The molecule has 7 atom stereocenters. The molecule has 6 aliphatic heterocycles. The van der Waals surface area contributed by atoms with Crippen molar-refractivity contribution in [2.24, 2.45) is 0 Å². The van der Waals surface area contributed by atoms with Crippen LogP contribution in [0.4, 0.5) is 79.0 Å². The number of aliphatic carboxylic acids is 4. The van der Waals surface area contributed by atoms with Crippen molar-refractivity contribution < 1.29 is 228 Å². The fourth-order valence-electron chi connectivity index (χ4n) is 15.0. The molecule has 3 aromatic heterocycles. The van der Waals surface area contributed by atoms with Gasteiger partial charge in [-0.25, -0.2) is 73.6 Å². The van der Waals surface area contributed by atoms with E-state index in [-0.39, 0.29) is 171 Å². The van der Waals surface area contributed by atoms with Gasteiger partial charge in [-0.2, -0.15) is 39.5 Å². The minimum atomic E-state index is -4.85. The largest absolute Gasteiger partial charge is 0.547 e. The number of alkyl halides is 9. The van der Waals surface area contributed by atoms with Gasteiger partial charge in [-0.1, -0.05) is 0 Å². The van der Waals surface area contributed by atoms with Gasteiger partial charge in [0.15, 0.2) is 58.1 Å². The number of ether oxygens (including phenoxy) is 9. The lowest BCUT2D eigenvalue weighted by molar-refractivity contribution is -0.419. The molecule has 6 aromatic rings. The Morgan fingerprint density at radius 1 is 0.342 bits per heavy atom. The lowest BCUT2D eigenvalue weighted by atomic mass is 10.0. The Morgan fingerprint density at radius 2 is 0.575 bits per heavy atom. The topological polar surface area (TPSA) is 580 Å². The number of rotatable bonds is 39. The van der Waals surface area contributed by atoms with Crippen LogP contribution in [0.15, 0.2) is 36.4 Å². The first-order chi connectivity index (χ1) is 68.7. The number of imidazole rings is 3. The van der Waals surface area contributed by atoms with Gasteiger partial charge in [0.05, 0.1) is 171 Å². The Morgan fingerprint density at radius 3 is 0.795 bits per heavy atom. The number of aliphatic hydroxyl groups is 4. The zero-order chi connectivity index (χ0) is 108. The number of carbonyl (C=O) groups is 10. The number of carboxylic acid groups (broad SMARTS) is 4. The van der Waals surface area contributed by atoms with Gasteiger partial charge < -0.3 is 143 Å². The minimum Gasteiger partial charge on any atom is -0.547 e. The number of hydrogen-bond acceptors (Lipinski definition) is 32. The summed E-state index contributed by atoms with van der Waals surface area (Å²) in [7, 11) is 0. The van der Waals surface area contributed by atoms with Crippen molar-refractivity contribution in [1.29, 1.82) is 0 Å². The smallest absolute Gasteiger partial charge is 0.449 e. The molecule has 146 heavy (non-hydrogen) atoms. The van der Waals surface area contributed by atoms with E-state index in [0.717, 1.165) is 53.0 Å². The normalized spacial score (nSPS) is 16.7. The monoisotopic (exact) mass is 2120 g/mol. The zero-order valence-corrected chi connectivity index (χ0v) is 77.6. The number of hydrogen-bond donors (Lipinski definition) is 8. The Labute approximate surface area is 816 Å².